The fourth-order valence-corrected chi connectivity index (χ4v) is 4.82. The molecule has 0 aromatic heterocycles. The van der Waals surface area contributed by atoms with Gasteiger partial charge in [0.05, 0.1) is 24.1 Å². The van der Waals surface area contributed by atoms with Crippen molar-refractivity contribution in [3.63, 3.8) is 0 Å². The van der Waals surface area contributed by atoms with Crippen molar-refractivity contribution in [2.45, 2.75) is 44.6 Å². The molecule has 9 heteroatoms. The van der Waals surface area contributed by atoms with Crippen molar-refractivity contribution < 1.29 is 19.4 Å². The fourth-order valence-electron chi connectivity index (χ4n) is 4.30. The zero-order valence-electron chi connectivity index (χ0n) is 18.0. The van der Waals surface area contributed by atoms with Gasteiger partial charge in [-0.1, -0.05) is 29.3 Å². The molecule has 0 bridgehead atoms. The van der Waals surface area contributed by atoms with E-state index in [0.717, 1.165) is 0 Å². The van der Waals surface area contributed by atoms with E-state index in [1.165, 1.54) is 5.01 Å². The number of carbonyl (C=O) groups is 1. The number of hydrazone groups is 1. The average molecular weight is 486 g/mol. The van der Waals surface area contributed by atoms with Crippen molar-refractivity contribution in [1.82, 2.24) is 5.01 Å². The first-order chi connectivity index (χ1) is 15.7. The van der Waals surface area contributed by atoms with Crippen LogP contribution in [-0.2, 0) is 16.1 Å². The summed E-state index contributed by atoms with van der Waals surface area (Å²) in [4.78, 5) is 12.9. The molecule has 4 atom stereocenters. The molecule has 0 radical (unpaired) electrons. The molecule has 2 aromatic carbocycles. The van der Waals surface area contributed by atoms with Crippen LogP contribution < -0.4 is 4.74 Å². The molecular formula is C24H21Cl2N3O4. The van der Waals surface area contributed by atoms with Crippen molar-refractivity contribution in [3.05, 3.63) is 63.1 Å². The molecule has 0 spiro atoms. The topological polar surface area (TPSA) is 95.2 Å². The predicted molar refractivity (Wildman–Crippen MR) is 122 cm³/mol. The maximum Gasteiger partial charge on any atom is 0.247 e. The van der Waals surface area contributed by atoms with Gasteiger partial charge in [-0.15, -0.1) is 5.10 Å². The van der Waals surface area contributed by atoms with Crippen molar-refractivity contribution in [1.29, 1.82) is 5.26 Å². The molecule has 33 heavy (non-hydrogen) atoms. The molecule has 1 aliphatic carbocycles. The first-order valence-electron chi connectivity index (χ1n) is 10.6. The molecule has 1 N–H and O–H groups in total. The summed E-state index contributed by atoms with van der Waals surface area (Å²) in [5.74, 6) is 0.430. The number of amides is 1. The van der Waals surface area contributed by atoms with Crippen molar-refractivity contribution in [2.24, 2.45) is 16.9 Å². The summed E-state index contributed by atoms with van der Waals surface area (Å²) in [7, 11) is 0. The molecule has 3 aliphatic rings. The van der Waals surface area contributed by atoms with E-state index in [-0.39, 0.29) is 24.3 Å². The van der Waals surface area contributed by atoms with E-state index < -0.39 is 17.8 Å². The van der Waals surface area contributed by atoms with Crippen LogP contribution in [0.15, 0.2) is 41.5 Å². The van der Waals surface area contributed by atoms with Gasteiger partial charge in [0.25, 0.3) is 0 Å². The van der Waals surface area contributed by atoms with Gasteiger partial charge in [0.2, 0.25) is 11.8 Å². The Kier molecular flexibility index (Phi) is 5.28. The lowest BCUT2D eigenvalue weighted by atomic mass is 9.87. The lowest BCUT2D eigenvalue weighted by molar-refractivity contribution is -0.135. The Morgan fingerprint density at radius 1 is 1.27 bits per heavy atom. The van der Waals surface area contributed by atoms with E-state index >= 15 is 0 Å². The minimum Gasteiger partial charge on any atom is -0.485 e. The number of carbonyl (C=O) groups excluding carboxylic acids is 1. The van der Waals surface area contributed by atoms with E-state index in [2.05, 4.69) is 11.2 Å². The highest BCUT2D eigenvalue weighted by Gasteiger charge is 2.55. The Balaban J connectivity index is 1.49. The normalized spacial score (nSPS) is 27.0. The van der Waals surface area contributed by atoms with Crippen LogP contribution in [0.5, 0.6) is 5.75 Å². The monoisotopic (exact) mass is 485 g/mol. The van der Waals surface area contributed by atoms with Gasteiger partial charge in [0, 0.05) is 27.1 Å². The number of fused-ring (bicyclic) bond motifs is 2. The van der Waals surface area contributed by atoms with Crippen LogP contribution in [0.4, 0.5) is 0 Å². The summed E-state index contributed by atoms with van der Waals surface area (Å²) < 4.78 is 12.2. The average Bonchev–Trinajstić information content (AvgIpc) is 3.58. The van der Waals surface area contributed by atoms with Gasteiger partial charge in [-0.2, -0.15) is 5.26 Å². The first kappa shape index (κ1) is 22.0. The Labute approximate surface area is 201 Å². The highest BCUT2D eigenvalue weighted by atomic mass is 35.5. The highest BCUT2D eigenvalue weighted by Crippen LogP contribution is 2.48. The Hall–Kier alpha value is -2.79. The van der Waals surface area contributed by atoms with Crippen LogP contribution in [0.2, 0.25) is 10.0 Å². The number of ether oxygens (including phenoxy) is 2. The SMILES string of the molecule is CC1(C)Oc2ccc(C#N)cc2C(OC2=NN(Cc3c(Cl)cccc3Cl)C(=O)C3CC23)C1O. The summed E-state index contributed by atoms with van der Waals surface area (Å²) in [5, 5.41) is 27.1. The molecule has 1 fully saturated rings. The lowest BCUT2D eigenvalue weighted by Crippen LogP contribution is -2.50. The third-order valence-electron chi connectivity index (χ3n) is 6.33. The fraction of sp³-hybridized carbons (Fsp3) is 0.375. The van der Waals surface area contributed by atoms with E-state index in [9.17, 15) is 15.2 Å². The largest absolute Gasteiger partial charge is 0.485 e. The second-order valence-corrected chi connectivity index (χ2v) is 9.85. The molecule has 7 nitrogen and oxygen atoms in total. The summed E-state index contributed by atoms with van der Waals surface area (Å²) >= 11 is 12.6. The molecule has 1 amide bonds. The molecule has 2 heterocycles. The number of hydrogen-bond donors (Lipinski definition) is 1. The number of aliphatic hydroxyl groups excluding tert-OH is 1. The number of benzene rings is 2. The minimum atomic E-state index is -1.03. The van der Waals surface area contributed by atoms with Gasteiger partial charge < -0.3 is 14.6 Å². The molecule has 4 unspecified atom stereocenters. The van der Waals surface area contributed by atoms with Crippen molar-refractivity contribution in [3.8, 4) is 11.8 Å². The highest BCUT2D eigenvalue weighted by molar-refractivity contribution is 6.36. The maximum atomic E-state index is 12.9. The number of nitrogens with zero attached hydrogens (tertiary/aromatic N) is 3. The van der Waals surface area contributed by atoms with Gasteiger partial charge in [0.15, 0.2) is 6.10 Å². The van der Waals surface area contributed by atoms with Gasteiger partial charge in [-0.05, 0) is 50.6 Å². The quantitative estimate of drug-likeness (QED) is 0.692. The molecule has 2 aromatic rings. The van der Waals surface area contributed by atoms with Crippen molar-refractivity contribution in [2.75, 3.05) is 0 Å². The Morgan fingerprint density at radius 3 is 2.70 bits per heavy atom. The number of nitriles is 1. The van der Waals surface area contributed by atoms with E-state index in [1.54, 1.807) is 50.2 Å². The molecule has 1 saturated carbocycles. The van der Waals surface area contributed by atoms with Crippen LogP contribution in [0.25, 0.3) is 0 Å². The summed E-state index contributed by atoms with van der Waals surface area (Å²) in [6, 6.07) is 12.3. The minimum absolute atomic E-state index is 0.108. The summed E-state index contributed by atoms with van der Waals surface area (Å²) in [6.45, 7) is 3.66. The molecular weight excluding hydrogens is 465 g/mol. The smallest absolute Gasteiger partial charge is 0.247 e. The maximum absolute atomic E-state index is 12.9. The first-order valence-corrected chi connectivity index (χ1v) is 11.4. The third-order valence-corrected chi connectivity index (χ3v) is 7.04. The number of aliphatic hydroxyl groups is 1. The van der Waals surface area contributed by atoms with Gasteiger partial charge in [-0.3, -0.25) is 4.79 Å². The van der Waals surface area contributed by atoms with Crippen LogP contribution in [0.1, 0.15) is 43.1 Å². The second kappa shape index (κ2) is 7.91. The molecule has 5 rings (SSSR count). The van der Waals surface area contributed by atoms with E-state index in [0.29, 0.717) is 44.8 Å². The molecule has 2 aliphatic heterocycles. The van der Waals surface area contributed by atoms with Gasteiger partial charge in [0.1, 0.15) is 17.5 Å². The standard InChI is InChI=1S/C24H21Cl2N3O4/c1-24(2)21(30)20(15-8-12(10-27)6-7-19(15)33-24)32-22-13-9-14(13)23(31)29(28-22)11-16-17(25)4-3-5-18(16)26/h3-8,13-14,20-21,30H,9,11H2,1-2H3. The second-order valence-electron chi connectivity index (χ2n) is 9.04. The van der Waals surface area contributed by atoms with Crippen LogP contribution in [-0.4, -0.2) is 33.6 Å². The lowest BCUT2D eigenvalue weighted by Gasteiger charge is -2.42. The Bertz CT molecular complexity index is 1200. The Morgan fingerprint density at radius 2 is 2.00 bits per heavy atom. The van der Waals surface area contributed by atoms with Gasteiger partial charge in [-0.25, -0.2) is 5.01 Å². The number of hydrogen-bond acceptors (Lipinski definition) is 6. The third kappa shape index (κ3) is 3.82. The predicted octanol–water partition coefficient (Wildman–Crippen LogP) is 4.45. The van der Waals surface area contributed by atoms with E-state index in [4.69, 9.17) is 32.7 Å². The van der Waals surface area contributed by atoms with Crippen LogP contribution in [0, 0.1) is 23.2 Å². The van der Waals surface area contributed by atoms with Crippen LogP contribution >= 0.6 is 23.2 Å². The molecule has 0 saturated heterocycles. The number of halogens is 2. The zero-order valence-corrected chi connectivity index (χ0v) is 19.5. The number of rotatable bonds is 3. The van der Waals surface area contributed by atoms with E-state index in [1.807, 2.05) is 0 Å². The van der Waals surface area contributed by atoms with Crippen molar-refractivity contribution >= 4 is 35.0 Å². The van der Waals surface area contributed by atoms with Gasteiger partial charge >= 0.3 is 0 Å². The zero-order chi connectivity index (χ0) is 23.5. The summed E-state index contributed by atoms with van der Waals surface area (Å²) in [5.41, 5.74) is 0.675. The molecule has 170 valence electrons. The van der Waals surface area contributed by atoms with Crippen LogP contribution in [0.3, 0.4) is 0 Å². The summed E-state index contributed by atoms with van der Waals surface area (Å²) in [6.07, 6.45) is -1.21.